The number of hydrogen-bond acceptors (Lipinski definition) is 8. The van der Waals surface area contributed by atoms with Gasteiger partial charge in [0, 0.05) is 26.2 Å². The van der Waals surface area contributed by atoms with Crippen LogP contribution < -0.4 is 21.9 Å². The van der Waals surface area contributed by atoms with E-state index in [0.717, 1.165) is 26.2 Å². The van der Waals surface area contributed by atoms with Gasteiger partial charge in [0.1, 0.15) is 0 Å². The van der Waals surface area contributed by atoms with Crippen LogP contribution in [0.4, 0.5) is 17.8 Å². The molecule has 0 saturated carbocycles. The zero-order valence-corrected chi connectivity index (χ0v) is 9.22. The maximum atomic E-state index is 5.57. The summed E-state index contributed by atoms with van der Waals surface area (Å²) in [6.07, 6.45) is 0. The van der Waals surface area contributed by atoms with Gasteiger partial charge in [0.25, 0.3) is 0 Å². The first-order valence-corrected chi connectivity index (χ1v) is 5.10. The Balaban J connectivity index is 2.16. The predicted octanol–water partition coefficient (Wildman–Crippen LogP) is -1.51. The molecular formula is C8H16N8. The van der Waals surface area contributed by atoms with E-state index in [9.17, 15) is 0 Å². The van der Waals surface area contributed by atoms with Crippen LogP contribution in [0.25, 0.3) is 0 Å². The molecule has 88 valence electrons. The van der Waals surface area contributed by atoms with Crippen LogP contribution in [0.15, 0.2) is 0 Å². The van der Waals surface area contributed by atoms with E-state index in [1.807, 2.05) is 0 Å². The van der Waals surface area contributed by atoms with Crippen molar-refractivity contribution in [2.24, 2.45) is 5.84 Å². The van der Waals surface area contributed by atoms with E-state index in [4.69, 9.17) is 11.6 Å². The zero-order valence-electron chi connectivity index (χ0n) is 9.22. The molecule has 2 rings (SSSR count). The van der Waals surface area contributed by atoms with Crippen molar-refractivity contribution >= 4 is 17.8 Å². The summed E-state index contributed by atoms with van der Waals surface area (Å²) in [6.45, 7) is 3.72. The van der Waals surface area contributed by atoms with E-state index in [1.54, 1.807) is 0 Å². The summed E-state index contributed by atoms with van der Waals surface area (Å²) in [7, 11) is 2.09. The van der Waals surface area contributed by atoms with Crippen molar-refractivity contribution < 1.29 is 0 Å². The highest BCUT2D eigenvalue weighted by Gasteiger charge is 2.17. The van der Waals surface area contributed by atoms with E-state index in [1.165, 1.54) is 0 Å². The number of rotatable bonds is 2. The van der Waals surface area contributed by atoms with Gasteiger partial charge in [-0.3, -0.25) is 5.43 Å². The lowest BCUT2D eigenvalue weighted by molar-refractivity contribution is 0.311. The van der Waals surface area contributed by atoms with Crippen LogP contribution >= 0.6 is 0 Å². The quantitative estimate of drug-likeness (QED) is 0.411. The maximum Gasteiger partial charge on any atom is 0.243 e. The Kier molecular flexibility index (Phi) is 3.02. The van der Waals surface area contributed by atoms with Crippen molar-refractivity contribution in [2.75, 3.05) is 49.3 Å². The van der Waals surface area contributed by atoms with Gasteiger partial charge in [-0.25, -0.2) is 5.84 Å². The van der Waals surface area contributed by atoms with Crippen molar-refractivity contribution in [3.63, 3.8) is 0 Å². The third kappa shape index (κ3) is 2.28. The SMILES string of the molecule is CN1CCN(c2nc(N)nc(NN)n2)CC1. The van der Waals surface area contributed by atoms with E-state index in [0.29, 0.717) is 11.9 Å². The molecule has 0 atom stereocenters. The monoisotopic (exact) mass is 224 g/mol. The molecule has 0 spiro atoms. The van der Waals surface area contributed by atoms with Crippen LogP contribution in [0.1, 0.15) is 0 Å². The zero-order chi connectivity index (χ0) is 11.5. The van der Waals surface area contributed by atoms with E-state index in [2.05, 4.69) is 37.2 Å². The molecule has 0 amide bonds. The molecule has 1 aromatic rings. The average Bonchev–Trinajstić information content (AvgIpc) is 2.29. The minimum absolute atomic E-state index is 0.178. The summed E-state index contributed by atoms with van der Waals surface area (Å²) in [4.78, 5) is 16.4. The van der Waals surface area contributed by atoms with Crippen molar-refractivity contribution in [3.05, 3.63) is 0 Å². The van der Waals surface area contributed by atoms with Crippen molar-refractivity contribution in [2.45, 2.75) is 0 Å². The first kappa shape index (κ1) is 10.8. The molecule has 0 aromatic carbocycles. The van der Waals surface area contributed by atoms with Crippen LogP contribution in [0, 0.1) is 0 Å². The fraction of sp³-hybridized carbons (Fsp3) is 0.625. The first-order valence-electron chi connectivity index (χ1n) is 5.10. The molecule has 1 fully saturated rings. The van der Waals surface area contributed by atoms with Crippen molar-refractivity contribution in [1.82, 2.24) is 19.9 Å². The topological polar surface area (TPSA) is 109 Å². The minimum Gasteiger partial charge on any atom is -0.368 e. The molecule has 0 unspecified atom stereocenters. The van der Waals surface area contributed by atoms with E-state index >= 15 is 0 Å². The Labute approximate surface area is 93.6 Å². The van der Waals surface area contributed by atoms with Gasteiger partial charge in [-0.05, 0) is 7.05 Å². The number of anilines is 3. The standard InChI is InChI=1S/C8H16N8/c1-15-2-4-16(5-3-15)8-12-6(9)11-7(13-8)14-10/h2-5,10H2,1H3,(H3,9,11,12,13,14). The Morgan fingerprint density at radius 2 is 1.81 bits per heavy atom. The fourth-order valence-electron chi connectivity index (χ4n) is 1.59. The molecule has 8 heteroatoms. The second-order valence-corrected chi connectivity index (χ2v) is 3.75. The minimum atomic E-state index is 0.178. The Morgan fingerprint density at radius 3 is 2.44 bits per heavy atom. The molecule has 5 N–H and O–H groups in total. The fourth-order valence-corrected chi connectivity index (χ4v) is 1.59. The highest BCUT2D eigenvalue weighted by molar-refractivity contribution is 5.41. The number of hydrogen-bond donors (Lipinski definition) is 3. The van der Waals surface area contributed by atoms with Crippen LogP contribution in [0.5, 0.6) is 0 Å². The molecule has 1 aliphatic rings. The van der Waals surface area contributed by atoms with Gasteiger partial charge < -0.3 is 15.5 Å². The molecule has 16 heavy (non-hydrogen) atoms. The van der Waals surface area contributed by atoms with Crippen molar-refractivity contribution in [3.8, 4) is 0 Å². The summed E-state index contributed by atoms with van der Waals surface area (Å²) >= 11 is 0. The van der Waals surface area contributed by atoms with Gasteiger partial charge in [0.2, 0.25) is 17.8 Å². The third-order valence-corrected chi connectivity index (χ3v) is 2.56. The lowest BCUT2D eigenvalue weighted by atomic mass is 10.3. The number of nitrogens with one attached hydrogen (secondary N) is 1. The van der Waals surface area contributed by atoms with E-state index in [-0.39, 0.29) is 5.95 Å². The molecule has 1 saturated heterocycles. The number of nitrogens with zero attached hydrogens (tertiary/aromatic N) is 5. The van der Waals surface area contributed by atoms with Gasteiger partial charge in [-0.15, -0.1) is 0 Å². The molecule has 0 bridgehead atoms. The first-order chi connectivity index (χ1) is 7.69. The van der Waals surface area contributed by atoms with Crippen LogP contribution in [0.2, 0.25) is 0 Å². The average molecular weight is 224 g/mol. The highest BCUT2D eigenvalue weighted by atomic mass is 15.4. The smallest absolute Gasteiger partial charge is 0.243 e. The second kappa shape index (κ2) is 4.45. The number of piperazine rings is 1. The molecule has 1 aromatic heterocycles. The molecule has 0 radical (unpaired) electrons. The lowest BCUT2D eigenvalue weighted by Crippen LogP contribution is -2.45. The number of aromatic nitrogens is 3. The maximum absolute atomic E-state index is 5.57. The Bertz CT molecular complexity index is 359. The van der Waals surface area contributed by atoms with Gasteiger partial charge in [-0.1, -0.05) is 0 Å². The Hall–Kier alpha value is -1.67. The molecule has 8 nitrogen and oxygen atoms in total. The van der Waals surface area contributed by atoms with Gasteiger partial charge in [0.05, 0.1) is 0 Å². The molecule has 1 aliphatic heterocycles. The summed E-state index contributed by atoms with van der Waals surface area (Å²) < 4.78 is 0. The third-order valence-electron chi connectivity index (χ3n) is 2.56. The van der Waals surface area contributed by atoms with Crippen LogP contribution in [-0.4, -0.2) is 53.1 Å². The second-order valence-electron chi connectivity index (χ2n) is 3.75. The summed E-state index contributed by atoms with van der Waals surface area (Å²) in [5, 5.41) is 0. The summed E-state index contributed by atoms with van der Waals surface area (Å²) in [6, 6.07) is 0. The van der Waals surface area contributed by atoms with Gasteiger partial charge in [-0.2, -0.15) is 15.0 Å². The molecule has 0 aliphatic carbocycles. The van der Waals surface area contributed by atoms with Gasteiger partial charge >= 0.3 is 0 Å². The number of likely N-dealkylation sites (N-methyl/N-ethyl adjacent to an activating group) is 1. The molecule has 2 heterocycles. The predicted molar refractivity (Wildman–Crippen MR) is 61.8 cm³/mol. The van der Waals surface area contributed by atoms with Crippen molar-refractivity contribution in [1.29, 1.82) is 0 Å². The number of hydrazine groups is 1. The van der Waals surface area contributed by atoms with E-state index < -0.39 is 0 Å². The number of nitrogens with two attached hydrogens (primary N) is 2. The largest absolute Gasteiger partial charge is 0.368 e. The normalized spacial score (nSPS) is 17.5. The van der Waals surface area contributed by atoms with Gasteiger partial charge in [0.15, 0.2) is 0 Å². The lowest BCUT2D eigenvalue weighted by Gasteiger charge is -2.32. The van der Waals surface area contributed by atoms with Crippen LogP contribution in [0.3, 0.4) is 0 Å². The molecular weight excluding hydrogens is 208 g/mol. The highest BCUT2D eigenvalue weighted by Crippen LogP contribution is 2.13. The number of nitrogen functional groups attached to an aromatic ring is 2. The summed E-state index contributed by atoms with van der Waals surface area (Å²) in [5.41, 5.74) is 7.95. The summed E-state index contributed by atoms with van der Waals surface area (Å²) in [5.74, 6) is 6.30. The van der Waals surface area contributed by atoms with Crippen LogP contribution in [-0.2, 0) is 0 Å². The Morgan fingerprint density at radius 1 is 1.12 bits per heavy atom.